The Hall–Kier alpha value is -1.87. The fraction of sp³-hybridized carbons (Fsp3) is 0.656. The number of hydrogen-bond donors (Lipinski definition) is 1. The molecule has 4 nitrogen and oxygen atoms in total. The molecule has 1 aliphatic heterocycles. The number of hydrogen-bond acceptors (Lipinski definition) is 4. The first kappa shape index (κ1) is 29.7. The van der Waals surface area contributed by atoms with E-state index in [1.807, 2.05) is 37.3 Å². The first-order valence-corrected chi connectivity index (χ1v) is 16.3. The van der Waals surface area contributed by atoms with E-state index in [2.05, 4.69) is 73.8 Å². The lowest BCUT2D eigenvalue weighted by molar-refractivity contribution is -0.268. The van der Waals surface area contributed by atoms with Crippen molar-refractivity contribution >= 4 is 25.6 Å². The highest BCUT2D eigenvalue weighted by Crippen LogP contribution is 2.61. The zero-order valence-corrected chi connectivity index (χ0v) is 25.8. The number of ether oxygens (including phenoxy) is 2. The largest absolute Gasteiger partial charge is 0.398 e. The molecule has 1 saturated heterocycles. The molecule has 1 heterocycles. The van der Waals surface area contributed by atoms with E-state index in [0.717, 1.165) is 18.4 Å². The summed E-state index contributed by atoms with van der Waals surface area (Å²) in [6, 6.07) is 7.60. The van der Waals surface area contributed by atoms with Gasteiger partial charge < -0.3 is 15.2 Å². The number of Topliss-reactive ketones (excluding diaryl/α,β-unsaturated/α-hetero) is 1. The Labute approximate surface area is 226 Å². The van der Waals surface area contributed by atoms with Crippen LogP contribution in [0, 0.1) is 28.2 Å². The molecule has 5 heteroatoms. The molecule has 3 rings (SSSR count). The Morgan fingerprint density at radius 2 is 1.70 bits per heavy atom. The van der Waals surface area contributed by atoms with Crippen molar-refractivity contribution in [2.45, 2.75) is 111 Å². The van der Waals surface area contributed by atoms with Crippen molar-refractivity contribution in [2.75, 3.05) is 12.3 Å². The average molecular weight is 524 g/mol. The molecule has 0 radical (unpaired) electrons. The van der Waals surface area contributed by atoms with Crippen molar-refractivity contribution in [2.24, 2.45) is 16.7 Å². The second kappa shape index (κ2) is 11.1. The normalized spacial score (nSPS) is 26.4. The van der Waals surface area contributed by atoms with Gasteiger partial charge in [-0.3, -0.25) is 4.79 Å². The van der Waals surface area contributed by atoms with Crippen LogP contribution in [0.3, 0.4) is 0 Å². The number of nitrogens with two attached hydrogens (primary N) is 1. The number of ketones is 1. The van der Waals surface area contributed by atoms with E-state index in [-0.39, 0.29) is 16.6 Å². The topological polar surface area (TPSA) is 61.6 Å². The third kappa shape index (κ3) is 5.35. The van der Waals surface area contributed by atoms with Crippen LogP contribution in [0.1, 0.15) is 87.6 Å². The maximum absolute atomic E-state index is 14.0. The van der Waals surface area contributed by atoms with Crippen molar-refractivity contribution in [3.63, 3.8) is 0 Å². The molecule has 0 aromatic heterocycles. The SMILES string of the molecule is C/C(=C\c1ccccc1N)C(=O)C(C#C[Si](C(C)C)(C(C)C)C(C)C)O[C@H]1OC[C@H]2CC[C@]1(C)C2(C)C. The number of para-hydroxylation sites is 1. The number of benzene rings is 1. The van der Waals surface area contributed by atoms with Crippen molar-refractivity contribution < 1.29 is 14.3 Å². The predicted octanol–water partition coefficient (Wildman–Crippen LogP) is 7.65. The third-order valence-corrected chi connectivity index (χ3v) is 16.3. The Morgan fingerprint density at radius 3 is 2.27 bits per heavy atom. The molecule has 1 aromatic carbocycles. The Kier molecular flexibility index (Phi) is 8.89. The summed E-state index contributed by atoms with van der Waals surface area (Å²) < 4.78 is 13.0. The molecule has 204 valence electrons. The summed E-state index contributed by atoms with van der Waals surface area (Å²) in [7, 11) is -2.06. The van der Waals surface area contributed by atoms with Gasteiger partial charge in [0.2, 0.25) is 0 Å². The van der Waals surface area contributed by atoms with Gasteiger partial charge in [-0.2, -0.15) is 0 Å². The van der Waals surface area contributed by atoms with E-state index >= 15 is 0 Å². The van der Waals surface area contributed by atoms with E-state index in [1.54, 1.807) is 0 Å². The molecule has 1 aromatic rings. The molecular weight excluding hydrogens is 474 g/mol. The number of fused-ring (bicyclic) bond motifs is 2. The quantitative estimate of drug-likeness (QED) is 0.164. The van der Waals surface area contributed by atoms with Gasteiger partial charge in [-0.1, -0.05) is 86.4 Å². The first-order valence-electron chi connectivity index (χ1n) is 14.0. The molecule has 4 atom stereocenters. The lowest BCUT2D eigenvalue weighted by Crippen LogP contribution is -2.53. The molecule has 2 fully saturated rings. The summed E-state index contributed by atoms with van der Waals surface area (Å²) in [5.41, 5.74) is 13.3. The van der Waals surface area contributed by atoms with Gasteiger partial charge in [0.05, 0.1) is 6.61 Å². The summed E-state index contributed by atoms with van der Waals surface area (Å²) >= 11 is 0. The van der Waals surface area contributed by atoms with E-state index in [1.165, 1.54) is 0 Å². The lowest BCUT2D eigenvalue weighted by Gasteiger charge is -2.50. The molecule has 2 N–H and O–H groups in total. The maximum Gasteiger partial charge on any atom is 0.199 e. The summed E-state index contributed by atoms with van der Waals surface area (Å²) in [6.45, 7) is 23.1. The van der Waals surface area contributed by atoms with Gasteiger partial charge >= 0.3 is 0 Å². The van der Waals surface area contributed by atoms with Crippen molar-refractivity contribution in [3.8, 4) is 11.5 Å². The predicted molar refractivity (Wildman–Crippen MR) is 158 cm³/mol. The molecule has 0 spiro atoms. The lowest BCUT2D eigenvalue weighted by atomic mass is 9.64. The summed E-state index contributed by atoms with van der Waals surface area (Å²) in [5.74, 6) is 3.83. The van der Waals surface area contributed by atoms with Crippen LogP contribution in [0.4, 0.5) is 5.69 Å². The average Bonchev–Trinajstić information content (AvgIpc) is 2.93. The Bertz CT molecular complexity index is 1060. The van der Waals surface area contributed by atoms with Crippen LogP contribution >= 0.6 is 0 Å². The van der Waals surface area contributed by atoms with E-state index in [9.17, 15) is 4.79 Å². The number of anilines is 1. The minimum Gasteiger partial charge on any atom is -0.398 e. The number of carbonyl (C=O) groups is 1. The monoisotopic (exact) mass is 523 g/mol. The van der Waals surface area contributed by atoms with Crippen LogP contribution in [0.15, 0.2) is 29.8 Å². The second-order valence-corrected chi connectivity index (χ2v) is 18.6. The molecular formula is C32H49NO3Si. The Balaban J connectivity index is 2.05. The van der Waals surface area contributed by atoms with E-state index in [4.69, 9.17) is 15.2 Å². The highest BCUT2D eigenvalue weighted by molar-refractivity contribution is 6.90. The van der Waals surface area contributed by atoms with E-state index < -0.39 is 20.5 Å². The number of carbonyl (C=O) groups excluding carboxylic acids is 1. The molecule has 0 amide bonds. The van der Waals surface area contributed by atoms with Crippen LogP contribution in [0.5, 0.6) is 0 Å². The zero-order chi connectivity index (χ0) is 27.8. The highest BCUT2D eigenvalue weighted by atomic mass is 28.3. The summed E-state index contributed by atoms with van der Waals surface area (Å²) in [6.07, 6.45) is 2.67. The van der Waals surface area contributed by atoms with Gasteiger partial charge in [0.25, 0.3) is 0 Å². The number of nitrogen functional groups attached to an aromatic ring is 1. The van der Waals surface area contributed by atoms with E-state index in [0.29, 0.717) is 40.4 Å². The van der Waals surface area contributed by atoms with Gasteiger partial charge in [0.1, 0.15) is 8.07 Å². The van der Waals surface area contributed by atoms with Gasteiger partial charge in [0.15, 0.2) is 18.2 Å². The molecule has 1 aliphatic carbocycles. The fourth-order valence-corrected chi connectivity index (χ4v) is 12.2. The molecule has 2 bridgehead atoms. The maximum atomic E-state index is 14.0. The van der Waals surface area contributed by atoms with Crippen molar-refractivity contribution in [3.05, 3.63) is 35.4 Å². The smallest absolute Gasteiger partial charge is 0.199 e. The van der Waals surface area contributed by atoms with Crippen LogP contribution in [-0.2, 0) is 14.3 Å². The van der Waals surface area contributed by atoms with Crippen molar-refractivity contribution in [1.29, 1.82) is 0 Å². The molecule has 1 saturated carbocycles. The molecule has 2 aliphatic rings. The number of rotatable bonds is 8. The minimum atomic E-state index is -2.06. The summed E-state index contributed by atoms with van der Waals surface area (Å²) in [4.78, 5) is 14.0. The molecule has 1 unspecified atom stereocenters. The van der Waals surface area contributed by atoms with Crippen LogP contribution < -0.4 is 5.73 Å². The van der Waals surface area contributed by atoms with Crippen LogP contribution in [0.25, 0.3) is 6.08 Å². The molecule has 37 heavy (non-hydrogen) atoms. The minimum absolute atomic E-state index is 0.0760. The van der Waals surface area contributed by atoms with Crippen LogP contribution in [0.2, 0.25) is 16.6 Å². The zero-order valence-electron chi connectivity index (χ0n) is 24.8. The van der Waals surface area contributed by atoms with Crippen molar-refractivity contribution in [1.82, 2.24) is 0 Å². The van der Waals surface area contributed by atoms with Gasteiger partial charge in [0, 0.05) is 11.1 Å². The summed E-state index contributed by atoms with van der Waals surface area (Å²) in [5, 5.41) is 0. The third-order valence-electron chi connectivity index (χ3n) is 10.0. The second-order valence-electron chi connectivity index (χ2n) is 13.0. The first-order chi connectivity index (χ1) is 17.2. The van der Waals surface area contributed by atoms with Crippen LogP contribution in [-0.4, -0.2) is 32.9 Å². The van der Waals surface area contributed by atoms with Gasteiger partial charge in [-0.15, -0.1) is 5.54 Å². The van der Waals surface area contributed by atoms with Gasteiger partial charge in [-0.25, -0.2) is 0 Å². The Morgan fingerprint density at radius 1 is 1.11 bits per heavy atom. The highest BCUT2D eigenvalue weighted by Gasteiger charge is 2.60. The fourth-order valence-electron chi connectivity index (χ4n) is 6.98. The standard InChI is InChI=1S/C32H49NO3Si/c1-21(2)37(22(3)4,23(5)6)18-16-28(29(34)24(7)19-25-13-11-12-14-27(25)33)36-30-32(10)17-15-26(20-35-30)31(32,8)9/h11-14,19,21-23,26,28,30H,15,17,20,33H2,1-10H3/b24-19+/t26-,28?,30-,32+/m1/s1. The van der Waals surface area contributed by atoms with Gasteiger partial charge in [-0.05, 0) is 71.0 Å².